The molecule has 3 amide bonds. The fourth-order valence-electron chi connectivity index (χ4n) is 8.13. The summed E-state index contributed by atoms with van der Waals surface area (Å²) in [6.07, 6.45) is 0. The van der Waals surface area contributed by atoms with Gasteiger partial charge in [0.15, 0.2) is 0 Å². The van der Waals surface area contributed by atoms with Gasteiger partial charge in [0, 0.05) is 52.4 Å². The maximum atomic E-state index is 13.7. The molecular formula is C50H59N7O3. The highest BCUT2D eigenvalue weighted by Crippen LogP contribution is 2.23. The topological polar surface area (TPSA) is 109 Å². The second-order valence-electron chi connectivity index (χ2n) is 16.3. The summed E-state index contributed by atoms with van der Waals surface area (Å²) in [5.41, 5.74) is 3.18. The van der Waals surface area contributed by atoms with Gasteiger partial charge in [0.05, 0.1) is 37.8 Å². The predicted molar refractivity (Wildman–Crippen MR) is 244 cm³/mol. The summed E-state index contributed by atoms with van der Waals surface area (Å²) in [7, 11) is 0. The van der Waals surface area contributed by atoms with Crippen LogP contribution in [0.2, 0.25) is 0 Å². The van der Waals surface area contributed by atoms with Crippen LogP contribution < -0.4 is 21.3 Å². The first-order chi connectivity index (χ1) is 29.2. The first kappa shape index (κ1) is 42.5. The molecule has 0 radical (unpaired) electrons. The van der Waals surface area contributed by atoms with E-state index < -0.39 is 0 Å². The summed E-state index contributed by atoms with van der Waals surface area (Å²) < 4.78 is 0. The predicted octanol–water partition coefficient (Wildman–Crippen LogP) is 6.59. The lowest BCUT2D eigenvalue weighted by Crippen LogP contribution is -2.50. The largest absolute Gasteiger partial charge is 0.348 e. The molecule has 3 atom stereocenters. The second kappa shape index (κ2) is 20.5. The lowest BCUT2D eigenvalue weighted by molar-refractivity contribution is -0.125. The summed E-state index contributed by atoms with van der Waals surface area (Å²) in [5, 5.41) is 20.2. The van der Waals surface area contributed by atoms with Gasteiger partial charge in [0.25, 0.3) is 0 Å². The normalized spacial score (nSPS) is 16.6. The number of benzene rings is 6. The number of fused-ring (bicyclic) bond motifs is 3. The smallest absolute Gasteiger partial charge is 0.234 e. The fourth-order valence-corrected chi connectivity index (χ4v) is 8.13. The molecule has 10 nitrogen and oxygen atoms in total. The van der Waals surface area contributed by atoms with Crippen LogP contribution in [0.4, 0.5) is 0 Å². The Morgan fingerprint density at radius 2 is 0.717 bits per heavy atom. The molecule has 1 aliphatic rings. The standard InChI is InChI=1S/C50H59N7O3/c1-36(42-19-16-39-10-4-7-13-45(39)30-42)52-48(58)33-55-24-22-51-23-25-56(34-49(59)53-37(2)43-20-17-40-11-5-8-14-46(40)31-43)27-29-57(28-26-55)35-50(60)54-38(3)44-21-18-41-12-6-9-15-47(41)32-44/h4-21,30-32,36-38,51H,22-29,33-35H2,1-3H3,(H,52,58)(H,53,59)(H,54,60)/t36-,37-,38-/m0/s1. The third-order valence-electron chi connectivity index (χ3n) is 11.7. The molecule has 7 rings (SSSR count). The summed E-state index contributed by atoms with van der Waals surface area (Å²) in [5.74, 6) is -0.135. The van der Waals surface area contributed by atoms with Crippen LogP contribution in [0.25, 0.3) is 32.3 Å². The van der Waals surface area contributed by atoms with Crippen molar-refractivity contribution in [2.75, 3.05) is 72.0 Å². The van der Waals surface area contributed by atoms with Crippen LogP contribution in [0.3, 0.4) is 0 Å². The average molecular weight is 806 g/mol. The summed E-state index contributed by atoms with van der Waals surface area (Å²) in [6.45, 7) is 11.9. The van der Waals surface area contributed by atoms with Crippen molar-refractivity contribution in [2.24, 2.45) is 0 Å². The van der Waals surface area contributed by atoms with Gasteiger partial charge >= 0.3 is 0 Å². The van der Waals surface area contributed by atoms with Gasteiger partial charge in [-0.3, -0.25) is 29.1 Å². The Hall–Kier alpha value is -5.65. The Bertz CT molecular complexity index is 2290. The van der Waals surface area contributed by atoms with E-state index in [-0.39, 0.29) is 55.5 Å². The molecule has 1 fully saturated rings. The molecule has 10 heteroatoms. The zero-order valence-electron chi connectivity index (χ0n) is 35.2. The highest BCUT2D eigenvalue weighted by molar-refractivity contribution is 5.86. The van der Waals surface area contributed by atoms with Crippen molar-refractivity contribution in [1.29, 1.82) is 0 Å². The van der Waals surface area contributed by atoms with Crippen LogP contribution in [-0.2, 0) is 14.4 Å². The van der Waals surface area contributed by atoms with Crippen molar-refractivity contribution < 1.29 is 14.4 Å². The summed E-state index contributed by atoms with van der Waals surface area (Å²) >= 11 is 0. The molecule has 1 saturated heterocycles. The minimum atomic E-state index is -0.171. The average Bonchev–Trinajstić information content (AvgIpc) is 3.25. The van der Waals surface area contributed by atoms with Crippen LogP contribution in [0.15, 0.2) is 127 Å². The molecule has 312 valence electrons. The number of amides is 3. The van der Waals surface area contributed by atoms with Crippen molar-refractivity contribution in [2.45, 2.75) is 38.9 Å². The fraction of sp³-hybridized carbons (Fsp3) is 0.340. The SMILES string of the molecule is C[C@H](NC(=O)CN1CCNCCN(CC(=O)N[C@@H](C)c2ccc3ccccc3c2)CCN(CC(=O)N[C@@H](C)c2ccc3ccccc3c2)CC1)c1ccc2ccccc2c1. The van der Waals surface area contributed by atoms with Crippen molar-refractivity contribution in [3.05, 3.63) is 144 Å². The monoisotopic (exact) mass is 805 g/mol. The van der Waals surface area contributed by atoms with E-state index in [0.717, 1.165) is 38.2 Å². The van der Waals surface area contributed by atoms with Gasteiger partial charge in [-0.15, -0.1) is 0 Å². The molecule has 0 bridgehead atoms. The van der Waals surface area contributed by atoms with Gasteiger partial charge in [-0.25, -0.2) is 0 Å². The Labute approximate surface area is 354 Å². The van der Waals surface area contributed by atoms with Crippen molar-refractivity contribution in [1.82, 2.24) is 36.0 Å². The third kappa shape index (κ3) is 11.8. The number of nitrogens with one attached hydrogen (secondary N) is 4. The number of carbonyl (C=O) groups is 3. The number of rotatable bonds is 12. The van der Waals surface area contributed by atoms with Crippen molar-refractivity contribution >= 4 is 50.0 Å². The van der Waals surface area contributed by atoms with Gasteiger partial charge in [-0.05, 0) is 88.0 Å². The molecule has 1 aliphatic heterocycles. The third-order valence-corrected chi connectivity index (χ3v) is 11.7. The van der Waals surface area contributed by atoms with Gasteiger partial charge in [0.2, 0.25) is 17.7 Å². The first-order valence-electron chi connectivity index (χ1n) is 21.4. The van der Waals surface area contributed by atoms with E-state index in [9.17, 15) is 14.4 Å². The summed E-state index contributed by atoms with van der Waals surface area (Å²) in [6, 6.07) is 43.2. The van der Waals surface area contributed by atoms with Crippen LogP contribution in [-0.4, -0.2) is 104 Å². The van der Waals surface area contributed by atoms with E-state index in [0.29, 0.717) is 52.4 Å². The van der Waals surface area contributed by atoms with E-state index in [2.05, 4.69) is 127 Å². The Morgan fingerprint density at radius 3 is 1.03 bits per heavy atom. The highest BCUT2D eigenvalue weighted by atomic mass is 16.2. The van der Waals surface area contributed by atoms with Gasteiger partial charge < -0.3 is 21.3 Å². The molecule has 0 aromatic heterocycles. The molecule has 1 heterocycles. The van der Waals surface area contributed by atoms with Crippen LogP contribution in [0.1, 0.15) is 55.6 Å². The molecule has 0 saturated carbocycles. The molecule has 0 spiro atoms. The zero-order chi connectivity index (χ0) is 41.8. The van der Waals surface area contributed by atoms with E-state index in [1.54, 1.807) is 0 Å². The molecule has 0 unspecified atom stereocenters. The maximum absolute atomic E-state index is 13.7. The molecule has 60 heavy (non-hydrogen) atoms. The zero-order valence-corrected chi connectivity index (χ0v) is 35.2. The number of carbonyl (C=O) groups excluding carboxylic acids is 3. The van der Waals surface area contributed by atoms with Crippen LogP contribution >= 0.6 is 0 Å². The minimum Gasteiger partial charge on any atom is -0.348 e. The molecule has 4 N–H and O–H groups in total. The van der Waals surface area contributed by atoms with E-state index in [1.165, 1.54) is 10.8 Å². The number of hydrogen-bond donors (Lipinski definition) is 4. The van der Waals surface area contributed by atoms with Gasteiger partial charge in [-0.2, -0.15) is 0 Å². The highest BCUT2D eigenvalue weighted by Gasteiger charge is 2.21. The molecule has 6 aromatic carbocycles. The maximum Gasteiger partial charge on any atom is 0.234 e. The Morgan fingerprint density at radius 1 is 0.433 bits per heavy atom. The molecule has 6 aromatic rings. The molecular weight excluding hydrogens is 747 g/mol. The van der Waals surface area contributed by atoms with Crippen LogP contribution in [0, 0.1) is 0 Å². The van der Waals surface area contributed by atoms with Crippen LogP contribution in [0.5, 0.6) is 0 Å². The van der Waals surface area contributed by atoms with E-state index in [1.807, 2.05) is 57.2 Å². The Kier molecular flexibility index (Phi) is 14.5. The molecule has 0 aliphatic carbocycles. The lowest BCUT2D eigenvalue weighted by Gasteiger charge is -2.31. The number of hydrogen-bond acceptors (Lipinski definition) is 7. The van der Waals surface area contributed by atoms with Gasteiger partial charge in [-0.1, -0.05) is 109 Å². The van der Waals surface area contributed by atoms with E-state index in [4.69, 9.17) is 0 Å². The van der Waals surface area contributed by atoms with Gasteiger partial charge in [0.1, 0.15) is 0 Å². The van der Waals surface area contributed by atoms with E-state index >= 15 is 0 Å². The second-order valence-corrected chi connectivity index (χ2v) is 16.3. The first-order valence-corrected chi connectivity index (χ1v) is 21.4. The summed E-state index contributed by atoms with van der Waals surface area (Å²) in [4.78, 5) is 47.2. The number of nitrogens with zero attached hydrogens (tertiary/aromatic N) is 3. The Balaban J connectivity index is 0.989. The van der Waals surface area contributed by atoms with Crippen molar-refractivity contribution in [3.8, 4) is 0 Å². The minimum absolute atomic E-state index is 0.0358. The lowest BCUT2D eigenvalue weighted by atomic mass is 10.0. The quantitative estimate of drug-likeness (QED) is 0.111. The van der Waals surface area contributed by atoms with Crippen molar-refractivity contribution in [3.63, 3.8) is 0 Å².